The van der Waals surface area contributed by atoms with Gasteiger partial charge in [0.05, 0.1) is 10.7 Å². The molecule has 0 atom stereocenters. The van der Waals surface area contributed by atoms with E-state index in [1.54, 1.807) is 35.0 Å². The van der Waals surface area contributed by atoms with Crippen LogP contribution in [0.25, 0.3) is 22.8 Å². The third-order valence-corrected chi connectivity index (χ3v) is 4.90. The molecule has 0 amide bonds. The van der Waals surface area contributed by atoms with Crippen LogP contribution in [0.5, 0.6) is 0 Å². The Balaban J connectivity index is 1.63. The van der Waals surface area contributed by atoms with Crippen LogP contribution in [-0.2, 0) is 13.0 Å². The first-order valence-corrected chi connectivity index (χ1v) is 9.12. The molecule has 0 fully saturated rings. The van der Waals surface area contributed by atoms with E-state index in [9.17, 15) is 4.79 Å². The Labute approximate surface area is 165 Å². The molecule has 8 heteroatoms. The predicted octanol–water partition coefficient (Wildman–Crippen LogP) is 4.07. The van der Waals surface area contributed by atoms with Crippen LogP contribution in [-0.4, -0.2) is 19.9 Å². The third-order valence-electron chi connectivity index (χ3n) is 4.58. The summed E-state index contributed by atoms with van der Waals surface area (Å²) >= 11 is 6.19. The highest BCUT2D eigenvalue weighted by molar-refractivity contribution is 6.33. The molecule has 142 valence electrons. The van der Waals surface area contributed by atoms with Crippen LogP contribution in [0.1, 0.15) is 17.0 Å². The summed E-state index contributed by atoms with van der Waals surface area (Å²) in [5.41, 5.74) is 2.63. The summed E-state index contributed by atoms with van der Waals surface area (Å²) in [6.07, 6.45) is 2.37. The number of benzene rings is 1. The van der Waals surface area contributed by atoms with Gasteiger partial charge in [-0.15, -0.1) is 0 Å². The molecule has 0 aliphatic rings. The Morgan fingerprint density at radius 3 is 2.57 bits per heavy atom. The fraction of sp³-hybridized carbons (Fsp3) is 0.200. The lowest BCUT2D eigenvalue weighted by Gasteiger charge is -2.06. The van der Waals surface area contributed by atoms with E-state index >= 15 is 0 Å². The van der Waals surface area contributed by atoms with Gasteiger partial charge in [0.1, 0.15) is 11.3 Å². The lowest BCUT2D eigenvalue weighted by molar-refractivity contribution is 0.392. The van der Waals surface area contributed by atoms with E-state index < -0.39 is 0 Å². The number of nitrogens with zero attached hydrogens (tertiary/aromatic N) is 4. The van der Waals surface area contributed by atoms with Gasteiger partial charge in [-0.1, -0.05) is 34.0 Å². The van der Waals surface area contributed by atoms with Crippen molar-refractivity contribution in [1.29, 1.82) is 0 Å². The highest BCUT2D eigenvalue weighted by atomic mass is 35.5. The zero-order valence-electron chi connectivity index (χ0n) is 15.3. The average Bonchev–Trinajstić information content (AvgIpc) is 3.29. The molecule has 0 aliphatic heterocycles. The molecule has 3 aromatic heterocycles. The molecule has 0 unspecified atom stereocenters. The van der Waals surface area contributed by atoms with Gasteiger partial charge in [0.25, 0.3) is 11.4 Å². The Bertz CT molecular complexity index is 1170. The first-order valence-electron chi connectivity index (χ1n) is 8.75. The van der Waals surface area contributed by atoms with Gasteiger partial charge in [0, 0.05) is 23.9 Å². The van der Waals surface area contributed by atoms with Crippen LogP contribution in [0.4, 0.5) is 0 Å². The van der Waals surface area contributed by atoms with Gasteiger partial charge in [-0.05, 0) is 44.5 Å². The van der Waals surface area contributed by atoms with E-state index in [2.05, 4.69) is 15.3 Å². The van der Waals surface area contributed by atoms with Crippen molar-refractivity contribution in [3.8, 4) is 22.8 Å². The molecule has 0 saturated heterocycles. The van der Waals surface area contributed by atoms with Gasteiger partial charge in [0.2, 0.25) is 5.82 Å². The fourth-order valence-electron chi connectivity index (χ4n) is 3.05. The molecule has 28 heavy (non-hydrogen) atoms. The van der Waals surface area contributed by atoms with Gasteiger partial charge >= 0.3 is 0 Å². The normalized spacial score (nSPS) is 11.1. The first-order chi connectivity index (χ1) is 13.5. The van der Waals surface area contributed by atoms with E-state index in [1.165, 1.54) is 0 Å². The summed E-state index contributed by atoms with van der Waals surface area (Å²) in [7, 11) is 0. The minimum Gasteiger partial charge on any atom is -0.361 e. The molecule has 0 saturated carbocycles. The third kappa shape index (κ3) is 3.36. The first kappa shape index (κ1) is 18.2. The van der Waals surface area contributed by atoms with Crippen molar-refractivity contribution in [3.05, 3.63) is 75.0 Å². The Hall–Kier alpha value is -3.19. The standard InChI is InChI=1S/C20H17ClN4O3/c1-12-14(13(2)27-23-12)9-11-25-10-5-7-16(20(25)26)19-22-18(24-28-19)15-6-3-4-8-17(15)21/h3-8,10H,9,11H2,1-2H3. The minimum atomic E-state index is -0.205. The van der Waals surface area contributed by atoms with Crippen molar-refractivity contribution in [1.82, 2.24) is 19.9 Å². The molecule has 0 bridgehead atoms. The van der Waals surface area contributed by atoms with Gasteiger partial charge in [-0.25, -0.2) is 0 Å². The monoisotopic (exact) mass is 396 g/mol. The van der Waals surface area contributed by atoms with Crippen LogP contribution in [0.2, 0.25) is 5.02 Å². The molecule has 0 N–H and O–H groups in total. The van der Waals surface area contributed by atoms with Crippen LogP contribution in [0.3, 0.4) is 0 Å². The largest absolute Gasteiger partial charge is 0.361 e. The number of hydrogen-bond acceptors (Lipinski definition) is 6. The second kappa shape index (κ2) is 7.44. The second-order valence-corrected chi connectivity index (χ2v) is 6.78. The Kier molecular flexibility index (Phi) is 4.83. The average molecular weight is 397 g/mol. The number of halogens is 1. The maximum Gasteiger partial charge on any atom is 0.263 e. The summed E-state index contributed by atoms with van der Waals surface area (Å²) in [6, 6.07) is 10.6. The maximum absolute atomic E-state index is 12.9. The Morgan fingerprint density at radius 2 is 1.82 bits per heavy atom. The molecule has 3 heterocycles. The van der Waals surface area contributed by atoms with E-state index in [-0.39, 0.29) is 11.4 Å². The number of rotatable bonds is 5. The van der Waals surface area contributed by atoms with E-state index in [0.29, 0.717) is 34.9 Å². The minimum absolute atomic E-state index is 0.159. The van der Waals surface area contributed by atoms with Gasteiger partial charge in [-0.3, -0.25) is 4.79 Å². The smallest absolute Gasteiger partial charge is 0.263 e. The SMILES string of the molecule is Cc1noc(C)c1CCn1cccc(-c2nc(-c3ccccc3Cl)no2)c1=O. The number of aryl methyl sites for hydroxylation is 3. The lowest BCUT2D eigenvalue weighted by Crippen LogP contribution is -2.22. The molecule has 4 rings (SSSR count). The van der Waals surface area contributed by atoms with Gasteiger partial charge in [-0.2, -0.15) is 4.98 Å². The topological polar surface area (TPSA) is 86.9 Å². The fourth-order valence-corrected chi connectivity index (χ4v) is 3.27. The van der Waals surface area contributed by atoms with Crippen LogP contribution in [0, 0.1) is 13.8 Å². The van der Waals surface area contributed by atoms with Crippen molar-refractivity contribution in [2.45, 2.75) is 26.8 Å². The zero-order chi connectivity index (χ0) is 19.7. The molecule has 0 aliphatic carbocycles. The lowest BCUT2D eigenvalue weighted by atomic mass is 10.1. The summed E-state index contributed by atoms with van der Waals surface area (Å²) in [5, 5.41) is 8.43. The highest BCUT2D eigenvalue weighted by Gasteiger charge is 2.17. The maximum atomic E-state index is 12.9. The summed E-state index contributed by atoms with van der Waals surface area (Å²) < 4.78 is 12.1. The molecule has 7 nitrogen and oxygen atoms in total. The number of hydrogen-bond donors (Lipinski definition) is 0. The predicted molar refractivity (Wildman–Crippen MR) is 104 cm³/mol. The van der Waals surface area contributed by atoms with Gasteiger partial charge in [0.15, 0.2) is 0 Å². The van der Waals surface area contributed by atoms with Crippen molar-refractivity contribution in [3.63, 3.8) is 0 Å². The second-order valence-electron chi connectivity index (χ2n) is 6.38. The molecule has 1 aromatic carbocycles. The van der Waals surface area contributed by atoms with Crippen molar-refractivity contribution >= 4 is 11.6 Å². The van der Waals surface area contributed by atoms with Crippen molar-refractivity contribution in [2.24, 2.45) is 0 Å². The molecule has 4 aromatic rings. The molecule has 0 spiro atoms. The van der Waals surface area contributed by atoms with Crippen LogP contribution >= 0.6 is 11.6 Å². The Morgan fingerprint density at radius 1 is 1.04 bits per heavy atom. The number of pyridine rings is 1. The van der Waals surface area contributed by atoms with Crippen molar-refractivity contribution in [2.75, 3.05) is 0 Å². The summed E-state index contributed by atoms with van der Waals surface area (Å²) in [5.74, 6) is 1.26. The molecular formula is C20H17ClN4O3. The summed E-state index contributed by atoms with van der Waals surface area (Å²) in [4.78, 5) is 17.2. The highest BCUT2D eigenvalue weighted by Crippen LogP contribution is 2.26. The van der Waals surface area contributed by atoms with Crippen LogP contribution in [0.15, 0.2) is 56.4 Å². The van der Waals surface area contributed by atoms with Gasteiger partial charge < -0.3 is 13.6 Å². The van der Waals surface area contributed by atoms with E-state index in [0.717, 1.165) is 17.0 Å². The van der Waals surface area contributed by atoms with Crippen LogP contribution < -0.4 is 5.56 Å². The molecule has 0 radical (unpaired) electrons. The summed E-state index contributed by atoms with van der Waals surface area (Å²) in [6.45, 7) is 4.24. The van der Waals surface area contributed by atoms with Crippen molar-refractivity contribution < 1.29 is 9.05 Å². The van der Waals surface area contributed by atoms with E-state index in [4.69, 9.17) is 20.6 Å². The zero-order valence-corrected chi connectivity index (χ0v) is 16.1. The number of aromatic nitrogens is 4. The van der Waals surface area contributed by atoms with E-state index in [1.807, 2.05) is 26.0 Å². The quantitative estimate of drug-likeness (QED) is 0.505. The molecular weight excluding hydrogens is 380 g/mol.